The second kappa shape index (κ2) is 7.52. The Balaban J connectivity index is 1.40. The lowest BCUT2D eigenvalue weighted by Crippen LogP contribution is -2.14. The summed E-state index contributed by atoms with van der Waals surface area (Å²) in [6, 6.07) is 7.59. The number of carbonyl (C=O) groups is 1. The fourth-order valence-electron chi connectivity index (χ4n) is 3.48. The number of benzene rings is 1. The minimum absolute atomic E-state index is 0.0293. The van der Waals surface area contributed by atoms with E-state index in [1.165, 1.54) is 4.88 Å². The maximum Gasteiger partial charge on any atom is 0.306 e. The smallest absolute Gasteiger partial charge is 0.306 e. The van der Waals surface area contributed by atoms with Crippen LogP contribution in [0.15, 0.2) is 29.1 Å². The summed E-state index contributed by atoms with van der Waals surface area (Å²) >= 11 is 1.58. The normalized spacial score (nSPS) is 12.9. The number of rotatable bonds is 6. The fourth-order valence-corrected chi connectivity index (χ4v) is 4.76. The number of nitrogens with zero attached hydrogens (tertiary/aromatic N) is 1. The number of aromatic nitrogens is 2. The van der Waals surface area contributed by atoms with Gasteiger partial charge in [-0.1, -0.05) is 18.2 Å². The number of fused-ring (bicyclic) bond motifs is 3. The van der Waals surface area contributed by atoms with Gasteiger partial charge in [-0.15, -0.1) is 11.3 Å². The summed E-state index contributed by atoms with van der Waals surface area (Å²) in [6.07, 6.45) is 3.83. The molecule has 0 fully saturated rings. The minimum Gasteiger partial charge on any atom is -0.496 e. The number of methoxy groups -OCH3 is 1. The molecule has 1 aliphatic rings. The standard InChI is InChI=1S/C20H20N2O4S/c1-25-14-7-3-2-5-12(14)9-10-17(23)26-11-16-21-19(24)18-13-6-4-8-15(13)27-20(18)22-16/h2-3,5,7H,4,6,8-11H2,1H3,(H,21,22,24). The third kappa shape index (κ3) is 3.60. The van der Waals surface area contributed by atoms with Gasteiger partial charge in [0.05, 0.1) is 12.5 Å². The van der Waals surface area contributed by atoms with Gasteiger partial charge in [0.1, 0.15) is 23.0 Å². The fraction of sp³-hybridized carbons (Fsp3) is 0.350. The van der Waals surface area contributed by atoms with Crippen LogP contribution >= 0.6 is 11.3 Å². The molecule has 0 aliphatic heterocycles. The highest BCUT2D eigenvalue weighted by molar-refractivity contribution is 7.18. The molecule has 0 atom stereocenters. The largest absolute Gasteiger partial charge is 0.496 e. The Hall–Kier alpha value is -2.67. The van der Waals surface area contributed by atoms with Crippen LogP contribution in [0.4, 0.5) is 0 Å². The highest BCUT2D eigenvalue weighted by Crippen LogP contribution is 2.34. The average molecular weight is 384 g/mol. The van der Waals surface area contributed by atoms with Crippen LogP contribution in [0.5, 0.6) is 5.75 Å². The zero-order valence-electron chi connectivity index (χ0n) is 15.0. The minimum atomic E-state index is -0.336. The van der Waals surface area contributed by atoms with Crippen LogP contribution in [-0.4, -0.2) is 23.0 Å². The molecular weight excluding hydrogens is 364 g/mol. The van der Waals surface area contributed by atoms with Crippen molar-refractivity contribution in [1.29, 1.82) is 0 Å². The van der Waals surface area contributed by atoms with Crippen molar-refractivity contribution < 1.29 is 14.3 Å². The number of hydrogen-bond acceptors (Lipinski definition) is 6. The average Bonchev–Trinajstić information content (AvgIpc) is 3.25. The zero-order valence-corrected chi connectivity index (χ0v) is 15.9. The Labute approximate surface area is 160 Å². The van der Waals surface area contributed by atoms with Crippen molar-refractivity contribution in [2.45, 2.75) is 38.7 Å². The SMILES string of the molecule is COc1ccccc1CCC(=O)OCc1nc2sc3c(c2c(=O)[nH]1)CCC3. The highest BCUT2D eigenvalue weighted by atomic mass is 32.1. The van der Waals surface area contributed by atoms with Gasteiger partial charge >= 0.3 is 5.97 Å². The Morgan fingerprint density at radius 3 is 3.00 bits per heavy atom. The predicted octanol–water partition coefficient (Wildman–Crippen LogP) is 3.16. The van der Waals surface area contributed by atoms with Crippen molar-refractivity contribution >= 4 is 27.5 Å². The van der Waals surface area contributed by atoms with Gasteiger partial charge in [-0.25, -0.2) is 4.98 Å². The molecule has 2 heterocycles. The van der Waals surface area contributed by atoms with E-state index in [2.05, 4.69) is 9.97 Å². The molecule has 0 unspecified atom stereocenters. The summed E-state index contributed by atoms with van der Waals surface area (Å²) in [4.78, 5) is 33.7. The van der Waals surface area contributed by atoms with E-state index < -0.39 is 0 Å². The lowest BCUT2D eigenvalue weighted by atomic mass is 10.1. The second-order valence-electron chi connectivity index (χ2n) is 6.52. The molecule has 3 aromatic rings. The molecule has 0 radical (unpaired) electrons. The third-order valence-electron chi connectivity index (χ3n) is 4.78. The number of ether oxygens (including phenoxy) is 2. The number of nitrogens with one attached hydrogen (secondary N) is 1. The van der Waals surface area contributed by atoms with Gasteiger partial charge in [0.25, 0.3) is 5.56 Å². The van der Waals surface area contributed by atoms with Gasteiger partial charge in [0.15, 0.2) is 0 Å². The molecule has 6 nitrogen and oxygen atoms in total. The van der Waals surface area contributed by atoms with E-state index in [0.717, 1.165) is 41.0 Å². The van der Waals surface area contributed by atoms with Crippen molar-refractivity contribution in [2.75, 3.05) is 7.11 Å². The summed E-state index contributed by atoms with van der Waals surface area (Å²) in [6.45, 7) is -0.0293. The summed E-state index contributed by atoms with van der Waals surface area (Å²) in [5.74, 6) is 0.808. The number of aryl methyl sites for hydroxylation is 3. The lowest BCUT2D eigenvalue weighted by Gasteiger charge is -2.08. The number of thiophene rings is 1. The van der Waals surface area contributed by atoms with E-state index in [4.69, 9.17) is 9.47 Å². The molecule has 140 valence electrons. The van der Waals surface area contributed by atoms with Crippen LogP contribution in [0.3, 0.4) is 0 Å². The first-order valence-electron chi connectivity index (χ1n) is 8.96. The van der Waals surface area contributed by atoms with Crippen LogP contribution in [0.25, 0.3) is 10.2 Å². The second-order valence-corrected chi connectivity index (χ2v) is 7.61. The van der Waals surface area contributed by atoms with Gasteiger partial charge in [0, 0.05) is 11.3 Å². The highest BCUT2D eigenvalue weighted by Gasteiger charge is 2.21. The Morgan fingerprint density at radius 2 is 2.15 bits per heavy atom. The van der Waals surface area contributed by atoms with Crippen LogP contribution < -0.4 is 10.3 Å². The van der Waals surface area contributed by atoms with E-state index in [-0.39, 0.29) is 24.6 Å². The Kier molecular flexibility index (Phi) is 4.94. The summed E-state index contributed by atoms with van der Waals surface area (Å²) < 4.78 is 10.6. The van der Waals surface area contributed by atoms with Gasteiger partial charge < -0.3 is 14.5 Å². The van der Waals surface area contributed by atoms with E-state index in [1.54, 1.807) is 18.4 Å². The number of esters is 1. The molecule has 0 saturated heterocycles. The van der Waals surface area contributed by atoms with E-state index in [9.17, 15) is 9.59 Å². The molecule has 7 heteroatoms. The summed E-state index contributed by atoms with van der Waals surface area (Å²) in [5, 5.41) is 0.707. The first-order valence-corrected chi connectivity index (χ1v) is 9.78. The molecule has 2 aromatic heterocycles. The number of H-pyrrole nitrogens is 1. The topological polar surface area (TPSA) is 81.3 Å². The maximum atomic E-state index is 12.4. The first kappa shape index (κ1) is 17.7. The van der Waals surface area contributed by atoms with Crippen molar-refractivity contribution in [3.63, 3.8) is 0 Å². The molecule has 1 aliphatic carbocycles. The van der Waals surface area contributed by atoms with Crippen molar-refractivity contribution in [3.8, 4) is 5.75 Å². The third-order valence-corrected chi connectivity index (χ3v) is 5.97. The molecule has 0 amide bonds. The van der Waals surface area contributed by atoms with Crippen molar-refractivity contribution in [1.82, 2.24) is 9.97 Å². The van der Waals surface area contributed by atoms with Gasteiger partial charge in [-0.05, 0) is 42.9 Å². The van der Waals surface area contributed by atoms with Crippen LogP contribution in [0.2, 0.25) is 0 Å². The van der Waals surface area contributed by atoms with Gasteiger partial charge in [-0.2, -0.15) is 0 Å². The lowest BCUT2D eigenvalue weighted by molar-refractivity contribution is -0.145. The maximum absolute atomic E-state index is 12.4. The number of hydrogen-bond donors (Lipinski definition) is 1. The van der Waals surface area contributed by atoms with E-state index in [1.807, 2.05) is 24.3 Å². The van der Waals surface area contributed by atoms with E-state index in [0.29, 0.717) is 17.6 Å². The van der Waals surface area contributed by atoms with Gasteiger partial charge in [-0.3, -0.25) is 9.59 Å². The van der Waals surface area contributed by atoms with Gasteiger partial charge in [0.2, 0.25) is 0 Å². The Bertz CT molecular complexity index is 1050. The molecule has 4 rings (SSSR count). The van der Waals surface area contributed by atoms with Crippen LogP contribution in [-0.2, 0) is 35.4 Å². The molecule has 1 N–H and O–H groups in total. The van der Waals surface area contributed by atoms with Crippen molar-refractivity contribution in [2.24, 2.45) is 0 Å². The summed E-state index contributed by atoms with van der Waals surface area (Å²) in [5.41, 5.74) is 1.96. The van der Waals surface area contributed by atoms with E-state index >= 15 is 0 Å². The first-order chi connectivity index (χ1) is 13.2. The zero-order chi connectivity index (χ0) is 18.8. The van der Waals surface area contributed by atoms with Crippen molar-refractivity contribution in [3.05, 3.63) is 56.4 Å². The van der Waals surface area contributed by atoms with Crippen LogP contribution in [0.1, 0.15) is 34.7 Å². The Morgan fingerprint density at radius 1 is 1.30 bits per heavy atom. The number of aromatic amines is 1. The molecule has 27 heavy (non-hydrogen) atoms. The van der Waals surface area contributed by atoms with Crippen LogP contribution in [0, 0.1) is 0 Å². The number of para-hydroxylation sites is 1. The quantitative estimate of drug-likeness (QED) is 0.660. The molecule has 0 saturated carbocycles. The molecule has 0 spiro atoms. The molecule has 0 bridgehead atoms. The monoisotopic (exact) mass is 384 g/mol. The summed E-state index contributed by atoms with van der Waals surface area (Å²) in [7, 11) is 1.61. The predicted molar refractivity (Wildman–Crippen MR) is 103 cm³/mol. The molecular formula is C20H20N2O4S. The number of carbonyl (C=O) groups excluding carboxylic acids is 1. The molecule has 1 aromatic carbocycles.